The molecule has 0 unspecified atom stereocenters. The number of rotatable bonds is 4. The van der Waals surface area contributed by atoms with E-state index in [0.717, 1.165) is 23.4 Å². The van der Waals surface area contributed by atoms with E-state index < -0.39 is 0 Å². The van der Waals surface area contributed by atoms with Crippen LogP contribution in [0.25, 0.3) is 0 Å². The van der Waals surface area contributed by atoms with Gasteiger partial charge in [-0.05, 0) is 50.5 Å². The van der Waals surface area contributed by atoms with E-state index in [4.69, 9.17) is 5.26 Å². The lowest BCUT2D eigenvalue weighted by molar-refractivity contribution is 0.833. The molecule has 84 valence electrons. The molecular formula is C14H18N2. The van der Waals surface area contributed by atoms with Gasteiger partial charge >= 0.3 is 0 Å². The fourth-order valence-electron chi connectivity index (χ4n) is 1.54. The summed E-state index contributed by atoms with van der Waals surface area (Å²) in [7, 11) is 0. The molecule has 0 amide bonds. The number of aliphatic imine (C=N–C) groups is 1. The van der Waals surface area contributed by atoms with Crippen molar-refractivity contribution >= 4 is 11.4 Å². The number of aryl methyl sites for hydroxylation is 1. The third-order valence-corrected chi connectivity index (χ3v) is 2.53. The number of nitriles is 1. The first kappa shape index (κ1) is 12.4. The van der Waals surface area contributed by atoms with E-state index in [1.165, 1.54) is 12.8 Å². The normalized spacial score (nSPS) is 11.2. The smallest absolute Gasteiger partial charge is 0.0991 e. The van der Waals surface area contributed by atoms with Gasteiger partial charge in [0.2, 0.25) is 0 Å². The van der Waals surface area contributed by atoms with E-state index >= 15 is 0 Å². The molecular weight excluding hydrogens is 196 g/mol. The Bertz CT molecular complexity index is 425. The molecule has 0 bridgehead atoms. The van der Waals surface area contributed by atoms with Gasteiger partial charge in [0.15, 0.2) is 0 Å². The largest absolute Gasteiger partial charge is 0.258 e. The van der Waals surface area contributed by atoms with Crippen LogP contribution in [-0.2, 0) is 0 Å². The Kier molecular flexibility index (Phi) is 4.72. The molecule has 0 fully saturated rings. The molecule has 0 aromatic heterocycles. The zero-order chi connectivity index (χ0) is 12.0. The van der Waals surface area contributed by atoms with Gasteiger partial charge in [-0.2, -0.15) is 5.26 Å². The van der Waals surface area contributed by atoms with Crippen molar-refractivity contribution in [3.05, 3.63) is 29.3 Å². The van der Waals surface area contributed by atoms with Crippen LogP contribution in [0.15, 0.2) is 23.2 Å². The summed E-state index contributed by atoms with van der Waals surface area (Å²) in [6, 6.07) is 7.75. The number of nitrogens with zero attached hydrogens (tertiary/aromatic N) is 2. The zero-order valence-electron chi connectivity index (χ0n) is 10.2. The molecule has 0 atom stereocenters. The molecule has 0 aliphatic rings. The Morgan fingerprint density at radius 3 is 2.75 bits per heavy atom. The lowest BCUT2D eigenvalue weighted by Crippen LogP contribution is -1.90. The maximum absolute atomic E-state index is 8.77. The van der Waals surface area contributed by atoms with Crippen molar-refractivity contribution in [2.45, 2.75) is 40.0 Å². The predicted molar refractivity (Wildman–Crippen MR) is 68.2 cm³/mol. The Morgan fingerprint density at radius 2 is 2.19 bits per heavy atom. The van der Waals surface area contributed by atoms with Crippen molar-refractivity contribution in [2.75, 3.05) is 0 Å². The second-order valence-corrected chi connectivity index (χ2v) is 4.06. The first-order valence-corrected chi connectivity index (χ1v) is 5.72. The zero-order valence-corrected chi connectivity index (χ0v) is 10.2. The molecule has 0 aliphatic heterocycles. The van der Waals surface area contributed by atoms with Crippen molar-refractivity contribution in [2.24, 2.45) is 4.99 Å². The molecule has 2 nitrogen and oxygen atoms in total. The van der Waals surface area contributed by atoms with E-state index in [9.17, 15) is 0 Å². The van der Waals surface area contributed by atoms with Crippen molar-refractivity contribution in [3.63, 3.8) is 0 Å². The molecule has 0 spiro atoms. The van der Waals surface area contributed by atoms with Gasteiger partial charge < -0.3 is 0 Å². The third kappa shape index (κ3) is 3.51. The minimum atomic E-state index is 0.697. The summed E-state index contributed by atoms with van der Waals surface area (Å²) in [6.07, 6.45) is 3.43. The Balaban J connectivity index is 2.85. The van der Waals surface area contributed by atoms with Crippen molar-refractivity contribution in [3.8, 4) is 6.07 Å². The SMILES string of the molecule is CCCCC(C)=Nc1ccc(C#N)cc1C. The fraction of sp³-hybridized carbons (Fsp3) is 0.429. The highest BCUT2D eigenvalue weighted by molar-refractivity contribution is 5.84. The highest BCUT2D eigenvalue weighted by Gasteiger charge is 1.99. The number of benzene rings is 1. The van der Waals surface area contributed by atoms with Crippen LogP contribution in [0.2, 0.25) is 0 Å². The molecule has 0 N–H and O–H groups in total. The van der Waals surface area contributed by atoms with Gasteiger partial charge in [0.25, 0.3) is 0 Å². The van der Waals surface area contributed by atoms with Gasteiger partial charge in [-0.1, -0.05) is 13.3 Å². The highest BCUT2D eigenvalue weighted by atomic mass is 14.7. The Hall–Kier alpha value is -1.62. The lowest BCUT2D eigenvalue weighted by atomic mass is 10.1. The van der Waals surface area contributed by atoms with Gasteiger partial charge in [0.05, 0.1) is 17.3 Å². The second kappa shape index (κ2) is 6.07. The fourth-order valence-corrected chi connectivity index (χ4v) is 1.54. The first-order chi connectivity index (χ1) is 7.67. The monoisotopic (exact) mass is 214 g/mol. The van der Waals surface area contributed by atoms with E-state index in [-0.39, 0.29) is 0 Å². The van der Waals surface area contributed by atoms with E-state index in [1.54, 1.807) is 0 Å². The van der Waals surface area contributed by atoms with Gasteiger partial charge in [0.1, 0.15) is 0 Å². The van der Waals surface area contributed by atoms with Crippen LogP contribution in [0, 0.1) is 18.3 Å². The van der Waals surface area contributed by atoms with E-state index in [2.05, 4.69) is 24.9 Å². The molecule has 2 heteroatoms. The van der Waals surface area contributed by atoms with Crippen LogP contribution in [0.1, 0.15) is 44.2 Å². The quantitative estimate of drug-likeness (QED) is 0.693. The molecule has 0 saturated carbocycles. The number of hydrogen-bond donors (Lipinski definition) is 0. The summed E-state index contributed by atoms with van der Waals surface area (Å²) >= 11 is 0. The summed E-state index contributed by atoms with van der Waals surface area (Å²) in [5.74, 6) is 0. The summed E-state index contributed by atoms with van der Waals surface area (Å²) in [6.45, 7) is 6.24. The van der Waals surface area contributed by atoms with Crippen LogP contribution >= 0.6 is 0 Å². The van der Waals surface area contributed by atoms with E-state index in [1.807, 2.05) is 25.1 Å². The third-order valence-electron chi connectivity index (χ3n) is 2.53. The molecule has 1 rings (SSSR count). The van der Waals surface area contributed by atoms with Crippen LogP contribution in [-0.4, -0.2) is 5.71 Å². The molecule has 0 heterocycles. The first-order valence-electron chi connectivity index (χ1n) is 5.72. The average molecular weight is 214 g/mol. The second-order valence-electron chi connectivity index (χ2n) is 4.06. The van der Waals surface area contributed by atoms with Crippen LogP contribution in [0.4, 0.5) is 5.69 Å². The van der Waals surface area contributed by atoms with Crippen LogP contribution in [0.5, 0.6) is 0 Å². The van der Waals surface area contributed by atoms with Crippen LogP contribution in [0.3, 0.4) is 0 Å². The molecule has 16 heavy (non-hydrogen) atoms. The van der Waals surface area contributed by atoms with Gasteiger partial charge in [-0.25, -0.2) is 0 Å². The standard InChI is InChI=1S/C14H18N2/c1-4-5-6-12(3)16-14-8-7-13(10-15)9-11(14)2/h7-9H,4-6H2,1-3H3. The predicted octanol–water partition coefficient (Wildman–Crippen LogP) is 4.15. The summed E-state index contributed by atoms with van der Waals surface area (Å²) in [5.41, 5.74) is 3.90. The Labute approximate surface area is 97.6 Å². The molecule has 1 aromatic rings. The summed E-state index contributed by atoms with van der Waals surface area (Å²) < 4.78 is 0. The highest BCUT2D eigenvalue weighted by Crippen LogP contribution is 2.20. The summed E-state index contributed by atoms with van der Waals surface area (Å²) in [4.78, 5) is 4.58. The molecule has 1 aromatic carbocycles. The van der Waals surface area contributed by atoms with Gasteiger partial charge in [-0.3, -0.25) is 4.99 Å². The van der Waals surface area contributed by atoms with Gasteiger partial charge in [0, 0.05) is 5.71 Å². The molecule has 0 aliphatic carbocycles. The van der Waals surface area contributed by atoms with Crippen molar-refractivity contribution < 1.29 is 0 Å². The lowest BCUT2D eigenvalue weighted by Gasteiger charge is -2.03. The van der Waals surface area contributed by atoms with Gasteiger partial charge in [-0.15, -0.1) is 0 Å². The minimum Gasteiger partial charge on any atom is -0.258 e. The summed E-state index contributed by atoms with van der Waals surface area (Å²) in [5, 5.41) is 8.77. The maximum Gasteiger partial charge on any atom is 0.0991 e. The van der Waals surface area contributed by atoms with Crippen LogP contribution < -0.4 is 0 Å². The van der Waals surface area contributed by atoms with Crippen molar-refractivity contribution in [1.29, 1.82) is 5.26 Å². The average Bonchev–Trinajstić information content (AvgIpc) is 2.29. The minimum absolute atomic E-state index is 0.697. The van der Waals surface area contributed by atoms with Crippen molar-refractivity contribution in [1.82, 2.24) is 0 Å². The number of hydrogen-bond acceptors (Lipinski definition) is 2. The van der Waals surface area contributed by atoms with E-state index in [0.29, 0.717) is 5.56 Å². The molecule has 0 saturated heterocycles. The maximum atomic E-state index is 8.77. The Morgan fingerprint density at radius 1 is 1.44 bits per heavy atom. The molecule has 0 radical (unpaired) electrons. The topological polar surface area (TPSA) is 36.1 Å². The number of unbranched alkanes of at least 4 members (excludes halogenated alkanes) is 1.